The zero-order valence-corrected chi connectivity index (χ0v) is 12.0. The SMILES string of the molecule is C[C@H]1CNCCN1C(=O)COC1CCCCC1.Cl. The van der Waals surface area contributed by atoms with E-state index in [1.807, 2.05) is 4.90 Å². The average Bonchev–Trinajstić information content (AvgIpc) is 2.38. The molecular weight excluding hydrogens is 252 g/mol. The lowest BCUT2D eigenvalue weighted by Crippen LogP contribution is -2.53. The van der Waals surface area contributed by atoms with Crippen LogP contribution < -0.4 is 5.32 Å². The molecule has 106 valence electrons. The van der Waals surface area contributed by atoms with Crippen LogP contribution in [0.15, 0.2) is 0 Å². The van der Waals surface area contributed by atoms with Crippen molar-refractivity contribution >= 4 is 18.3 Å². The van der Waals surface area contributed by atoms with Gasteiger partial charge in [0.05, 0.1) is 6.10 Å². The topological polar surface area (TPSA) is 41.6 Å². The van der Waals surface area contributed by atoms with Crippen molar-refractivity contribution in [2.45, 2.75) is 51.2 Å². The smallest absolute Gasteiger partial charge is 0.248 e. The number of hydrogen-bond acceptors (Lipinski definition) is 3. The number of rotatable bonds is 3. The Balaban J connectivity index is 0.00000162. The summed E-state index contributed by atoms with van der Waals surface area (Å²) in [6, 6.07) is 0.297. The molecule has 1 N–H and O–H groups in total. The second-order valence-corrected chi connectivity index (χ2v) is 5.21. The minimum atomic E-state index is 0. The number of carbonyl (C=O) groups is 1. The maximum absolute atomic E-state index is 12.0. The van der Waals surface area contributed by atoms with Gasteiger partial charge in [-0.05, 0) is 19.8 Å². The molecule has 2 fully saturated rings. The first kappa shape index (κ1) is 15.7. The molecule has 2 rings (SSSR count). The Hall–Kier alpha value is -0.320. The monoisotopic (exact) mass is 276 g/mol. The number of amides is 1. The van der Waals surface area contributed by atoms with Crippen molar-refractivity contribution in [1.82, 2.24) is 10.2 Å². The van der Waals surface area contributed by atoms with Crippen molar-refractivity contribution in [1.29, 1.82) is 0 Å². The van der Waals surface area contributed by atoms with Crippen LogP contribution in [0.25, 0.3) is 0 Å². The molecule has 1 atom stereocenters. The van der Waals surface area contributed by atoms with Crippen molar-refractivity contribution in [3.05, 3.63) is 0 Å². The van der Waals surface area contributed by atoms with Gasteiger partial charge in [-0.2, -0.15) is 0 Å². The first-order valence-electron chi connectivity index (χ1n) is 6.89. The quantitative estimate of drug-likeness (QED) is 0.851. The van der Waals surface area contributed by atoms with Gasteiger partial charge in [0, 0.05) is 25.7 Å². The summed E-state index contributed by atoms with van der Waals surface area (Å²) in [6.45, 7) is 4.97. The summed E-state index contributed by atoms with van der Waals surface area (Å²) in [7, 11) is 0. The molecule has 1 aliphatic carbocycles. The van der Waals surface area contributed by atoms with Crippen molar-refractivity contribution in [2.24, 2.45) is 0 Å². The van der Waals surface area contributed by atoms with Gasteiger partial charge in [-0.3, -0.25) is 4.79 Å². The van der Waals surface area contributed by atoms with E-state index in [0.717, 1.165) is 32.5 Å². The van der Waals surface area contributed by atoms with Crippen LogP contribution in [0.1, 0.15) is 39.0 Å². The van der Waals surface area contributed by atoms with E-state index in [4.69, 9.17) is 4.74 Å². The van der Waals surface area contributed by atoms with E-state index in [1.54, 1.807) is 0 Å². The summed E-state index contributed by atoms with van der Waals surface area (Å²) in [5, 5.41) is 3.29. The van der Waals surface area contributed by atoms with Crippen LogP contribution in [-0.4, -0.2) is 49.2 Å². The standard InChI is InChI=1S/C13H24N2O2.ClH/c1-11-9-14-7-8-15(11)13(16)10-17-12-5-3-2-4-6-12;/h11-12,14H,2-10H2,1H3;1H/t11-;/m0./s1. The molecule has 0 bridgehead atoms. The summed E-state index contributed by atoms with van der Waals surface area (Å²) in [5.41, 5.74) is 0. The fraction of sp³-hybridized carbons (Fsp3) is 0.923. The van der Waals surface area contributed by atoms with Crippen LogP contribution in [-0.2, 0) is 9.53 Å². The molecule has 0 aromatic heterocycles. The minimum absolute atomic E-state index is 0. The highest BCUT2D eigenvalue weighted by atomic mass is 35.5. The van der Waals surface area contributed by atoms with Crippen molar-refractivity contribution in [3.63, 3.8) is 0 Å². The fourth-order valence-corrected chi connectivity index (χ4v) is 2.72. The Kier molecular flexibility index (Phi) is 6.97. The molecule has 5 heteroatoms. The fourth-order valence-electron chi connectivity index (χ4n) is 2.72. The van der Waals surface area contributed by atoms with Crippen molar-refractivity contribution in [3.8, 4) is 0 Å². The molecule has 4 nitrogen and oxygen atoms in total. The van der Waals surface area contributed by atoms with E-state index in [9.17, 15) is 4.79 Å². The first-order valence-corrected chi connectivity index (χ1v) is 6.89. The lowest BCUT2D eigenvalue weighted by Gasteiger charge is -2.34. The van der Waals surface area contributed by atoms with Gasteiger partial charge in [-0.15, -0.1) is 12.4 Å². The second kappa shape index (κ2) is 7.97. The average molecular weight is 277 g/mol. The van der Waals surface area contributed by atoms with E-state index in [-0.39, 0.29) is 24.9 Å². The predicted octanol–water partition coefficient (Wildman–Crippen LogP) is 1.58. The summed E-state index contributed by atoms with van der Waals surface area (Å²) in [4.78, 5) is 14.0. The lowest BCUT2D eigenvalue weighted by atomic mass is 9.98. The maximum atomic E-state index is 12.0. The zero-order chi connectivity index (χ0) is 12.1. The Morgan fingerprint density at radius 1 is 1.33 bits per heavy atom. The lowest BCUT2D eigenvalue weighted by molar-refractivity contribution is -0.141. The number of nitrogens with zero attached hydrogens (tertiary/aromatic N) is 1. The van der Waals surface area contributed by atoms with Crippen LogP contribution in [0.4, 0.5) is 0 Å². The van der Waals surface area contributed by atoms with E-state index in [0.29, 0.717) is 12.1 Å². The zero-order valence-electron chi connectivity index (χ0n) is 11.2. The van der Waals surface area contributed by atoms with Gasteiger partial charge in [0.25, 0.3) is 0 Å². The number of carbonyl (C=O) groups excluding carboxylic acids is 1. The van der Waals surface area contributed by atoms with Gasteiger partial charge in [-0.25, -0.2) is 0 Å². The first-order chi connectivity index (χ1) is 8.27. The van der Waals surface area contributed by atoms with E-state index in [1.165, 1.54) is 19.3 Å². The van der Waals surface area contributed by atoms with Crippen LogP contribution in [0.5, 0.6) is 0 Å². The molecule has 18 heavy (non-hydrogen) atoms. The molecule has 2 aliphatic rings. The molecule has 1 saturated carbocycles. The maximum Gasteiger partial charge on any atom is 0.248 e. The van der Waals surface area contributed by atoms with Gasteiger partial charge >= 0.3 is 0 Å². The van der Waals surface area contributed by atoms with Crippen molar-refractivity contribution in [2.75, 3.05) is 26.2 Å². The Morgan fingerprint density at radius 2 is 2.06 bits per heavy atom. The molecule has 1 aliphatic heterocycles. The van der Waals surface area contributed by atoms with Gasteiger partial charge in [0.2, 0.25) is 5.91 Å². The third kappa shape index (κ3) is 4.41. The van der Waals surface area contributed by atoms with Crippen LogP contribution in [0, 0.1) is 0 Å². The number of ether oxygens (including phenoxy) is 1. The third-order valence-corrected chi connectivity index (χ3v) is 3.82. The highest BCUT2D eigenvalue weighted by Gasteiger charge is 2.24. The second-order valence-electron chi connectivity index (χ2n) is 5.21. The third-order valence-electron chi connectivity index (χ3n) is 3.82. The van der Waals surface area contributed by atoms with Gasteiger partial charge < -0.3 is 15.0 Å². The van der Waals surface area contributed by atoms with Crippen LogP contribution in [0.2, 0.25) is 0 Å². The highest BCUT2D eigenvalue weighted by Crippen LogP contribution is 2.20. The van der Waals surface area contributed by atoms with Gasteiger partial charge in [0.1, 0.15) is 6.61 Å². The Morgan fingerprint density at radius 3 is 2.72 bits per heavy atom. The van der Waals surface area contributed by atoms with Crippen molar-refractivity contribution < 1.29 is 9.53 Å². The van der Waals surface area contributed by atoms with E-state index < -0.39 is 0 Å². The van der Waals surface area contributed by atoms with Crippen LogP contribution in [0.3, 0.4) is 0 Å². The summed E-state index contributed by atoms with van der Waals surface area (Å²) in [6.07, 6.45) is 6.41. The molecule has 0 radical (unpaired) electrons. The summed E-state index contributed by atoms with van der Waals surface area (Å²) < 4.78 is 5.73. The molecule has 1 amide bonds. The number of halogens is 1. The Labute approximate surface area is 116 Å². The van der Waals surface area contributed by atoms with Gasteiger partial charge in [-0.1, -0.05) is 19.3 Å². The molecular formula is C13H25ClN2O2. The normalized spacial score (nSPS) is 25.6. The molecule has 0 aromatic rings. The number of piperazine rings is 1. The molecule has 0 unspecified atom stereocenters. The summed E-state index contributed by atoms with van der Waals surface area (Å²) in [5.74, 6) is 0.157. The van der Waals surface area contributed by atoms with Gasteiger partial charge in [0.15, 0.2) is 0 Å². The van der Waals surface area contributed by atoms with Crippen LogP contribution >= 0.6 is 12.4 Å². The highest BCUT2D eigenvalue weighted by molar-refractivity contribution is 5.85. The molecule has 1 saturated heterocycles. The minimum Gasteiger partial charge on any atom is -0.368 e. The van der Waals surface area contributed by atoms with E-state index in [2.05, 4.69) is 12.2 Å². The summed E-state index contributed by atoms with van der Waals surface area (Å²) >= 11 is 0. The number of nitrogens with one attached hydrogen (secondary N) is 1. The molecule has 1 heterocycles. The largest absolute Gasteiger partial charge is 0.368 e. The molecule has 0 aromatic carbocycles. The molecule has 0 spiro atoms. The van der Waals surface area contributed by atoms with E-state index >= 15 is 0 Å². The predicted molar refractivity (Wildman–Crippen MR) is 74.1 cm³/mol. The Bertz CT molecular complexity index is 257. The number of hydrogen-bond donors (Lipinski definition) is 1.